The summed E-state index contributed by atoms with van der Waals surface area (Å²) in [4.78, 5) is 2.17. The van der Waals surface area contributed by atoms with Crippen molar-refractivity contribution in [2.24, 2.45) is 0 Å². The van der Waals surface area contributed by atoms with Crippen LogP contribution in [0.4, 0.5) is 4.39 Å². The lowest BCUT2D eigenvalue weighted by Gasteiger charge is -2.33. The van der Waals surface area contributed by atoms with E-state index >= 15 is 0 Å². The number of ether oxygens (including phenoxy) is 1. The molecule has 4 heteroatoms. The van der Waals surface area contributed by atoms with Crippen LogP contribution in [0.15, 0.2) is 48.5 Å². The van der Waals surface area contributed by atoms with Gasteiger partial charge in [-0.15, -0.1) is 0 Å². The summed E-state index contributed by atoms with van der Waals surface area (Å²) >= 11 is 0. The topological polar surface area (TPSA) is 36.3 Å². The third kappa shape index (κ3) is 3.33. The molecule has 1 aliphatic heterocycles. The number of benzene rings is 2. The van der Waals surface area contributed by atoms with Gasteiger partial charge >= 0.3 is 0 Å². The van der Waals surface area contributed by atoms with Gasteiger partial charge in [-0.25, -0.2) is 4.39 Å². The van der Waals surface area contributed by atoms with Gasteiger partial charge in [-0.05, 0) is 23.8 Å². The van der Waals surface area contributed by atoms with Crippen LogP contribution in [0.2, 0.25) is 0 Å². The normalized spacial score (nSPS) is 18.8. The Bertz CT molecular complexity index is 681. The van der Waals surface area contributed by atoms with E-state index in [1.807, 2.05) is 30.3 Å². The smallest absolute Gasteiger partial charge is 0.127 e. The van der Waals surface area contributed by atoms with E-state index in [9.17, 15) is 4.39 Å². The van der Waals surface area contributed by atoms with E-state index in [4.69, 9.17) is 10.00 Å². The van der Waals surface area contributed by atoms with Crippen LogP contribution in [0.5, 0.6) is 0 Å². The van der Waals surface area contributed by atoms with Crippen LogP contribution in [0, 0.1) is 17.1 Å². The van der Waals surface area contributed by atoms with Gasteiger partial charge in [-0.2, -0.15) is 5.26 Å². The molecule has 0 N–H and O–H groups in total. The molecule has 1 unspecified atom stereocenters. The third-order valence-corrected chi connectivity index (χ3v) is 3.89. The van der Waals surface area contributed by atoms with E-state index in [0.29, 0.717) is 24.3 Å². The quantitative estimate of drug-likeness (QED) is 0.872. The molecule has 0 spiro atoms. The first-order chi connectivity index (χ1) is 10.8. The summed E-state index contributed by atoms with van der Waals surface area (Å²) in [5, 5.41) is 8.94. The summed E-state index contributed by atoms with van der Waals surface area (Å²) in [6, 6.07) is 16.6. The van der Waals surface area contributed by atoms with Crippen molar-refractivity contribution in [1.29, 1.82) is 5.26 Å². The highest BCUT2D eigenvalue weighted by Gasteiger charge is 2.22. The molecule has 22 heavy (non-hydrogen) atoms. The molecule has 1 atom stereocenters. The van der Waals surface area contributed by atoms with Gasteiger partial charge in [0.2, 0.25) is 0 Å². The summed E-state index contributed by atoms with van der Waals surface area (Å²) in [6.45, 7) is 2.60. The SMILES string of the molecule is N#Cc1ccc(F)c(CN2CCOC(c3ccccc3)C2)c1. The number of hydrogen-bond acceptors (Lipinski definition) is 3. The maximum absolute atomic E-state index is 13.9. The maximum atomic E-state index is 13.9. The highest BCUT2D eigenvalue weighted by atomic mass is 19.1. The predicted molar refractivity (Wildman–Crippen MR) is 81.5 cm³/mol. The van der Waals surface area contributed by atoms with Gasteiger partial charge in [0.25, 0.3) is 0 Å². The zero-order valence-corrected chi connectivity index (χ0v) is 12.2. The zero-order chi connectivity index (χ0) is 15.4. The first-order valence-corrected chi connectivity index (χ1v) is 7.33. The number of nitriles is 1. The Kier molecular flexibility index (Phi) is 4.47. The fourth-order valence-corrected chi connectivity index (χ4v) is 2.72. The summed E-state index contributed by atoms with van der Waals surface area (Å²) < 4.78 is 19.7. The van der Waals surface area contributed by atoms with Crippen molar-refractivity contribution in [2.45, 2.75) is 12.6 Å². The van der Waals surface area contributed by atoms with Crippen molar-refractivity contribution in [3.63, 3.8) is 0 Å². The number of nitrogens with zero attached hydrogens (tertiary/aromatic N) is 2. The monoisotopic (exact) mass is 296 g/mol. The van der Waals surface area contributed by atoms with E-state index < -0.39 is 0 Å². The molecule has 0 radical (unpaired) electrons. The fraction of sp³-hybridized carbons (Fsp3) is 0.278. The molecule has 1 heterocycles. The standard InChI is InChI=1S/C18H17FN2O/c19-17-7-6-14(11-20)10-16(17)12-21-8-9-22-18(13-21)15-4-2-1-3-5-15/h1-7,10,18H,8-9,12-13H2. The van der Waals surface area contributed by atoms with Crippen molar-refractivity contribution < 1.29 is 9.13 Å². The Morgan fingerprint density at radius 1 is 1.23 bits per heavy atom. The minimum atomic E-state index is -0.262. The van der Waals surface area contributed by atoms with Crippen molar-refractivity contribution >= 4 is 0 Å². The highest BCUT2D eigenvalue weighted by molar-refractivity contribution is 5.33. The minimum absolute atomic E-state index is 0.0113. The minimum Gasteiger partial charge on any atom is -0.371 e. The summed E-state index contributed by atoms with van der Waals surface area (Å²) in [5.41, 5.74) is 2.19. The van der Waals surface area contributed by atoms with Crippen molar-refractivity contribution in [3.05, 3.63) is 71.0 Å². The maximum Gasteiger partial charge on any atom is 0.127 e. The Balaban J connectivity index is 1.72. The molecular weight excluding hydrogens is 279 g/mol. The molecule has 0 aromatic heterocycles. The van der Waals surface area contributed by atoms with Crippen LogP contribution in [-0.2, 0) is 11.3 Å². The molecule has 0 bridgehead atoms. The number of halogens is 1. The van der Waals surface area contributed by atoms with E-state index in [2.05, 4.69) is 11.0 Å². The average Bonchev–Trinajstić information content (AvgIpc) is 2.58. The molecule has 112 valence electrons. The second-order valence-corrected chi connectivity index (χ2v) is 5.42. The highest BCUT2D eigenvalue weighted by Crippen LogP contribution is 2.23. The largest absolute Gasteiger partial charge is 0.371 e. The van der Waals surface area contributed by atoms with Crippen LogP contribution < -0.4 is 0 Å². The summed E-state index contributed by atoms with van der Waals surface area (Å²) in [5.74, 6) is -0.262. The summed E-state index contributed by atoms with van der Waals surface area (Å²) in [7, 11) is 0. The van der Waals surface area contributed by atoms with Gasteiger partial charge in [-0.3, -0.25) is 4.90 Å². The second-order valence-electron chi connectivity index (χ2n) is 5.42. The molecule has 2 aromatic rings. The molecule has 3 nitrogen and oxygen atoms in total. The Morgan fingerprint density at radius 2 is 2.05 bits per heavy atom. The van der Waals surface area contributed by atoms with E-state index in [1.165, 1.54) is 12.1 Å². The Hall–Kier alpha value is -2.22. The van der Waals surface area contributed by atoms with Crippen molar-refractivity contribution in [2.75, 3.05) is 19.7 Å². The van der Waals surface area contributed by atoms with Gasteiger partial charge in [-0.1, -0.05) is 30.3 Å². The first-order valence-electron chi connectivity index (χ1n) is 7.33. The zero-order valence-electron chi connectivity index (χ0n) is 12.2. The van der Waals surface area contributed by atoms with Crippen LogP contribution in [0.3, 0.4) is 0 Å². The van der Waals surface area contributed by atoms with E-state index in [0.717, 1.165) is 18.7 Å². The van der Waals surface area contributed by atoms with Gasteiger partial charge in [0.15, 0.2) is 0 Å². The van der Waals surface area contributed by atoms with E-state index in [-0.39, 0.29) is 11.9 Å². The summed E-state index contributed by atoms with van der Waals surface area (Å²) in [6.07, 6.45) is 0.0113. The molecule has 0 amide bonds. The van der Waals surface area contributed by atoms with Gasteiger partial charge in [0, 0.05) is 25.2 Å². The van der Waals surface area contributed by atoms with Crippen LogP contribution in [-0.4, -0.2) is 24.6 Å². The average molecular weight is 296 g/mol. The number of rotatable bonds is 3. The van der Waals surface area contributed by atoms with E-state index in [1.54, 1.807) is 6.07 Å². The predicted octanol–water partition coefficient (Wildman–Crippen LogP) is 3.27. The molecule has 2 aromatic carbocycles. The molecule has 1 fully saturated rings. The molecular formula is C18H17FN2O. The number of morpholine rings is 1. The molecule has 0 saturated carbocycles. The van der Waals surface area contributed by atoms with Gasteiger partial charge < -0.3 is 4.74 Å². The van der Waals surface area contributed by atoms with Crippen molar-refractivity contribution in [3.8, 4) is 6.07 Å². The molecule has 0 aliphatic carbocycles. The van der Waals surface area contributed by atoms with Crippen LogP contribution >= 0.6 is 0 Å². The lowest BCUT2D eigenvalue weighted by molar-refractivity contribution is -0.0332. The van der Waals surface area contributed by atoms with Crippen LogP contribution in [0.25, 0.3) is 0 Å². The van der Waals surface area contributed by atoms with Gasteiger partial charge in [0.1, 0.15) is 5.82 Å². The lowest BCUT2D eigenvalue weighted by atomic mass is 10.1. The second kappa shape index (κ2) is 6.69. The first kappa shape index (κ1) is 14.7. The molecule has 1 aliphatic rings. The van der Waals surface area contributed by atoms with Crippen molar-refractivity contribution in [1.82, 2.24) is 4.90 Å². The van der Waals surface area contributed by atoms with Crippen LogP contribution in [0.1, 0.15) is 22.8 Å². The fourth-order valence-electron chi connectivity index (χ4n) is 2.72. The number of hydrogen-bond donors (Lipinski definition) is 0. The Labute approximate surface area is 129 Å². The van der Waals surface area contributed by atoms with Gasteiger partial charge in [0.05, 0.1) is 24.3 Å². The molecule has 1 saturated heterocycles. The molecule has 3 rings (SSSR count). The lowest BCUT2D eigenvalue weighted by Crippen LogP contribution is -2.38. The Morgan fingerprint density at radius 3 is 2.82 bits per heavy atom. The third-order valence-electron chi connectivity index (χ3n) is 3.89.